The Morgan fingerprint density at radius 2 is 2.44 bits per heavy atom. The summed E-state index contributed by atoms with van der Waals surface area (Å²) in [5, 5.41) is 7.81. The number of ether oxygens (including phenoxy) is 1. The first-order valence-electron chi connectivity index (χ1n) is 6.05. The highest BCUT2D eigenvalue weighted by atomic mass is 16.5. The minimum atomic E-state index is 0.299. The minimum Gasteiger partial charge on any atom is -0.377 e. The molecule has 0 bridgehead atoms. The lowest BCUT2D eigenvalue weighted by atomic mass is 10.1. The number of nitrogens with one attached hydrogen (secondary N) is 1. The van der Waals surface area contributed by atoms with Gasteiger partial charge in [0.25, 0.3) is 0 Å². The van der Waals surface area contributed by atoms with Crippen molar-refractivity contribution in [2.45, 2.75) is 45.9 Å². The molecule has 0 amide bonds. The summed E-state index contributed by atoms with van der Waals surface area (Å²) in [5.74, 6) is 0.626. The molecule has 1 aromatic heterocycles. The van der Waals surface area contributed by atoms with Crippen molar-refractivity contribution in [1.82, 2.24) is 9.78 Å². The quantitative estimate of drug-likeness (QED) is 0.850. The maximum absolute atomic E-state index is 5.52. The summed E-state index contributed by atoms with van der Waals surface area (Å²) in [5.41, 5.74) is 1.10. The van der Waals surface area contributed by atoms with Gasteiger partial charge in [-0.1, -0.05) is 13.8 Å². The van der Waals surface area contributed by atoms with Crippen LogP contribution in [0.5, 0.6) is 0 Å². The summed E-state index contributed by atoms with van der Waals surface area (Å²) in [6.45, 7) is 8.34. The first-order chi connectivity index (χ1) is 7.65. The second-order valence-electron chi connectivity index (χ2n) is 4.96. The Morgan fingerprint density at radius 1 is 1.62 bits per heavy atom. The lowest BCUT2D eigenvalue weighted by molar-refractivity contribution is 0.121. The molecule has 4 nitrogen and oxygen atoms in total. The molecule has 16 heavy (non-hydrogen) atoms. The van der Waals surface area contributed by atoms with Gasteiger partial charge in [0.1, 0.15) is 0 Å². The van der Waals surface area contributed by atoms with E-state index >= 15 is 0 Å². The van der Waals surface area contributed by atoms with Gasteiger partial charge in [0.2, 0.25) is 0 Å². The van der Waals surface area contributed by atoms with Crippen LogP contribution in [-0.2, 0) is 11.3 Å². The molecule has 1 aliphatic rings. The molecule has 1 fully saturated rings. The van der Waals surface area contributed by atoms with E-state index < -0.39 is 0 Å². The maximum atomic E-state index is 5.52. The van der Waals surface area contributed by atoms with E-state index in [1.54, 1.807) is 0 Å². The maximum Gasteiger partial charge on any atom is 0.0748 e. The zero-order chi connectivity index (χ0) is 11.5. The van der Waals surface area contributed by atoms with Gasteiger partial charge in [0.15, 0.2) is 0 Å². The van der Waals surface area contributed by atoms with Crippen molar-refractivity contribution in [2.75, 3.05) is 11.9 Å². The third-order valence-electron chi connectivity index (χ3n) is 2.91. The van der Waals surface area contributed by atoms with E-state index in [0.717, 1.165) is 25.3 Å². The molecular formula is C12H21N3O. The zero-order valence-electron chi connectivity index (χ0n) is 10.3. The van der Waals surface area contributed by atoms with Crippen molar-refractivity contribution in [3.05, 3.63) is 12.4 Å². The van der Waals surface area contributed by atoms with E-state index in [-0.39, 0.29) is 0 Å². The molecule has 0 spiro atoms. The molecule has 0 saturated carbocycles. The number of aromatic nitrogens is 2. The van der Waals surface area contributed by atoms with E-state index in [1.807, 2.05) is 10.9 Å². The van der Waals surface area contributed by atoms with Crippen molar-refractivity contribution >= 4 is 5.69 Å². The van der Waals surface area contributed by atoms with E-state index in [4.69, 9.17) is 4.74 Å². The third kappa shape index (κ3) is 2.76. The van der Waals surface area contributed by atoms with Gasteiger partial charge in [-0.2, -0.15) is 5.10 Å². The predicted octanol–water partition coefficient (Wildman–Crippen LogP) is 2.13. The fourth-order valence-electron chi connectivity index (χ4n) is 2.05. The summed E-state index contributed by atoms with van der Waals surface area (Å²) in [7, 11) is 0. The summed E-state index contributed by atoms with van der Waals surface area (Å²) < 4.78 is 7.51. The van der Waals surface area contributed by atoms with Gasteiger partial charge < -0.3 is 10.1 Å². The third-order valence-corrected chi connectivity index (χ3v) is 2.91. The Bertz CT molecular complexity index is 335. The van der Waals surface area contributed by atoms with Crippen LogP contribution in [0, 0.1) is 5.92 Å². The van der Waals surface area contributed by atoms with Crippen LogP contribution in [0.15, 0.2) is 12.4 Å². The minimum absolute atomic E-state index is 0.299. The molecule has 1 saturated heterocycles. The fraction of sp³-hybridized carbons (Fsp3) is 0.750. The van der Waals surface area contributed by atoms with Gasteiger partial charge in [0, 0.05) is 19.3 Å². The second-order valence-corrected chi connectivity index (χ2v) is 4.96. The molecule has 90 valence electrons. The Hall–Kier alpha value is -1.03. The molecule has 2 atom stereocenters. The molecule has 2 heterocycles. The molecule has 0 unspecified atom stereocenters. The summed E-state index contributed by atoms with van der Waals surface area (Å²) in [6, 6.07) is 0.427. The van der Waals surface area contributed by atoms with Crippen molar-refractivity contribution in [3.63, 3.8) is 0 Å². The highest BCUT2D eigenvalue weighted by Crippen LogP contribution is 2.18. The fourth-order valence-corrected chi connectivity index (χ4v) is 2.05. The van der Waals surface area contributed by atoms with Gasteiger partial charge in [-0.3, -0.25) is 4.68 Å². The number of hydrogen-bond acceptors (Lipinski definition) is 3. The molecule has 1 aliphatic heterocycles. The normalized spacial score (nSPS) is 25.2. The lowest BCUT2D eigenvalue weighted by Crippen LogP contribution is -2.26. The van der Waals surface area contributed by atoms with Crippen LogP contribution in [0.25, 0.3) is 0 Å². The van der Waals surface area contributed by atoms with Gasteiger partial charge in [0.05, 0.1) is 24.0 Å². The number of hydrogen-bond donors (Lipinski definition) is 1. The average Bonchev–Trinajstić information content (AvgIpc) is 2.77. The summed E-state index contributed by atoms with van der Waals surface area (Å²) in [4.78, 5) is 0. The Morgan fingerprint density at radius 3 is 3.06 bits per heavy atom. The van der Waals surface area contributed by atoms with Gasteiger partial charge in [-0.15, -0.1) is 0 Å². The van der Waals surface area contributed by atoms with E-state index in [2.05, 4.69) is 37.4 Å². The van der Waals surface area contributed by atoms with Gasteiger partial charge in [-0.05, 0) is 19.3 Å². The van der Waals surface area contributed by atoms with Gasteiger partial charge >= 0.3 is 0 Å². The Balaban J connectivity index is 1.92. The Labute approximate surface area is 97.0 Å². The van der Waals surface area contributed by atoms with Crippen LogP contribution >= 0.6 is 0 Å². The highest BCUT2D eigenvalue weighted by molar-refractivity contribution is 5.39. The van der Waals surface area contributed by atoms with E-state index in [0.29, 0.717) is 18.1 Å². The first kappa shape index (κ1) is 11.5. The molecule has 0 aliphatic carbocycles. The number of rotatable bonds is 4. The predicted molar refractivity (Wildman–Crippen MR) is 64.5 cm³/mol. The first-order valence-corrected chi connectivity index (χ1v) is 6.05. The second kappa shape index (κ2) is 4.87. The number of anilines is 1. The standard InChI is InChI=1S/C12H21N3O/c1-9(2)7-15-8-11(6-13-15)14-12-4-5-16-10(12)3/h6,8-10,12,14H,4-5,7H2,1-3H3/t10-,12-/m0/s1. The average molecular weight is 223 g/mol. The largest absolute Gasteiger partial charge is 0.377 e. The van der Waals surface area contributed by atoms with Crippen LogP contribution in [0.3, 0.4) is 0 Å². The van der Waals surface area contributed by atoms with E-state index in [9.17, 15) is 0 Å². The summed E-state index contributed by atoms with van der Waals surface area (Å²) >= 11 is 0. The molecule has 4 heteroatoms. The summed E-state index contributed by atoms with van der Waals surface area (Å²) in [6.07, 6.45) is 5.35. The topological polar surface area (TPSA) is 39.1 Å². The Kier molecular flexibility index (Phi) is 3.49. The molecule has 1 N–H and O–H groups in total. The molecule has 2 rings (SSSR count). The van der Waals surface area contributed by atoms with Crippen molar-refractivity contribution in [3.8, 4) is 0 Å². The highest BCUT2D eigenvalue weighted by Gasteiger charge is 2.24. The van der Waals surface area contributed by atoms with E-state index in [1.165, 1.54) is 0 Å². The van der Waals surface area contributed by atoms with Crippen molar-refractivity contribution < 1.29 is 4.74 Å². The smallest absolute Gasteiger partial charge is 0.0748 e. The molecule has 0 radical (unpaired) electrons. The number of nitrogens with zero attached hydrogens (tertiary/aromatic N) is 2. The van der Waals surface area contributed by atoms with Crippen LogP contribution in [0.4, 0.5) is 5.69 Å². The van der Waals surface area contributed by atoms with Crippen LogP contribution in [0.2, 0.25) is 0 Å². The lowest BCUT2D eigenvalue weighted by Gasteiger charge is -2.15. The van der Waals surface area contributed by atoms with Gasteiger partial charge in [-0.25, -0.2) is 0 Å². The van der Waals surface area contributed by atoms with Crippen molar-refractivity contribution in [1.29, 1.82) is 0 Å². The monoisotopic (exact) mass is 223 g/mol. The molecule has 1 aromatic rings. The van der Waals surface area contributed by atoms with Crippen molar-refractivity contribution in [2.24, 2.45) is 5.92 Å². The molecular weight excluding hydrogens is 202 g/mol. The van der Waals surface area contributed by atoms with Crippen LogP contribution < -0.4 is 5.32 Å². The zero-order valence-corrected chi connectivity index (χ0v) is 10.3. The van der Waals surface area contributed by atoms with Crippen LogP contribution in [-0.4, -0.2) is 28.5 Å². The molecule has 0 aromatic carbocycles. The van der Waals surface area contributed by atoms with Crippen LogP contribution in [0.1, 0.15) is 27.2 Å². The SMILES string of the molecule is CC(C)Cn1cc(N[C@H]2CCO[C@H]2C)cn1.